The van der Waals surface area contributed by atoms with E-state index in [0.29, 0.717) is 32.9 Å². The molecule has 0 aliphatic carbocycles. The molecule has 0 radical (unpaired) electrons. The van der Waals surface area contributed by atoms with Crippen molar-refractivity contribution in [2.45, 2.75) is 19.4 Å². The Hall–Kier alpha value is -1.18. The lowest BCUT2D eigenvalue weighted by Gasteiger charge is -2.29. The van der Waals surface area contributed by atoms with E-state index in [2.05, 4.69) is 5.32 Å². The van der Waals surface area contributed by atoms with Crippen LogP contribution in [0.5, 0.6) is 0 Å². The zero-order valence-corrected chi connectivity index (χ0v) is 13.1. The Morgan fingerprint density at radius 2 is 2.14 bits per heavy atom. The lowest BCUT2D eigenvalue weighted by molar-refractivity contribution is -0.426. The fourth-order valence-corrected chi connectivity index (χ4v) is 2.65. The highest BCUT2D eigenvalue weighted by Gasteiger charge is 2.36. The maximum atomic E-state index is 11.5. The van der Waals surface area contributed by atoms with E-state index < -0.39 is 4.92 Å². The van der Waals surface area contributed by atoms with Crippen LogP contribution in [-0.4, -0.2) is 48.8 Å². The van der Waals surface area contributed by atoms with Crippen LogP contribution in [0.4, 0.5) is 0 Å². The van der Waals surface area contributed by atoms with E-state index in [1.807, 2.05) is 6.92 Å². The number of nitrogens with one attached hydrogen (secondary N) is 1. The normalized spacial score (nSPS) is 24.1. The van der Waals surface area contributed by atoms with Crippen LogP contribution >= 0.6 is 23.2 Å². The molecule has 2 aliphatic heterocycles. The molecule has 2 fully saturated rings. The Morgan fingerprint density at radius 3 is 2.62 bits per heavy atom. The van der Waals surface area contributed by atoms with Crippen molar-refractivity contribution in [3.8, 4) is 0 Å². The van der Waals surface area contributed by atoms with Crippen LogP contribution in [0.2, 0.25) is 0 Å². The second-order valence-corrected chi connectivity index (χ2v) is 5.65. The standard InChI is InChI=1S/C12H17Cl2N3O4/c1-2-8-7-21-12(15-8)10(17(18)19)9(11(13)14)16-3-5-20-6-4-16/h8,15H,2-7H2,1H3/b12-10-/t8-/m0/s1. The second kappa shape index (κ2) is 7.20. The average Bonchev–Trinajstić information content (AvgIpc) is 2.93. The summed E-state index contributed by atoms with van der Waals surface area (Å²) in [6.07, 6.45) is 0.805. The molecular formula is C12H17Cl2N3O4. The molecule has 9 heteroatoms. The van der Waals surface area contributed by atoms with E-state index in [1.165, 1.54) is 0 Å². The highest BCUT2D eigenvalue weighted by atomic mass is 35.5. The molecule has 0 saturated carbocycles. The Balaban J connectivity index is 2.37. The summed E-state index contributed by atoms with van der Waals surface area (Å²) in [5.41, 5.74) is -0.0567. The summed E-state index contributed by atoms with van der Waals surface area (Å²) in [6.45, 7) is 4.27. The van der Waals surface area contributed by atoms with Crippen LogP contribution in [0, 0.1) is 10.1 Å². The van der Waals surface area contributed by atoms with Gasteiger partial charge in [-0.1, -0.05) is 30.1 Å². The van der Waals surface area contributed by atoms with Crippen LogP contribution in [0.3, 0.4) is 0 Å². The molecular weight excluding hydrogens is 321 g/mol. The predicted octanol–water partition coefficient (Wildman–Crippen LogP) is 1.81. The van der Waals surface area contributed by atoms with Crippen molar-refractivity contribution >= 4 is 23.2 Å². The van der Waals surface area contributed by atoms with Gasteiger partial charge in [0, 0.05) is 13.1 Å². The number of rotatable bonds is 4. The largest absolute Gasteiger partial charge is 0.472 e. The lowest BCUT2D eigenvalue weighted by Crippen LogP contribution is -2.38. The Bertz CT molecular complexity index is 471. The van der Waals surface area contributed by atoms with Gasteiger partial charge in [-0.15, -0.1) is 0 Å². The molecule has 2 aliphatic rings. The van der Waals surface area contributed by atoms with Gasteiger partial charge >= 0.3 is 5.70 Å². The number of halogens is 2. The minimum absolute atomic E-state index is 0.0509. The molecule has 0 aromatic rings. The van der Waals surface area contributed by atoms with E-state index in [-0.39, 0.29) is 27.8 Å². The summed E-state index contributed by atoms with van der Waals surface area (Å²) < 4.78 is 10.5. The van der Waals surface area contributed by atoms with Gasteiger partial charge in [-0.2, -0.15) is 0 Å². The van der Waals surface area contributed by atoms with E-state index in [0.717, 1.165) is 6.42 Å². The van der Waals surface area contributed by atoms with Crippen LogP contribution in [0.1, 0.15) is 13.3 Å². The fraction of sp³-hybridized carbons (Fsp3) is 0.667. The third-order valence-electron chi connectivity index (χ3n) is 3.39. The molecule has 0 unspecified atom stereocenters. The summed E-state index contributed by atoms with van der Waals surface area (Å²) in [7, 11) is 0. The van der Waals surface area contributed by atoms with Gasteiger partial charge in [0.05, 0.1) is 24.2 Å². The first-order valence-corrected chi connectivity index (χ1v) is 7.46. The van der Waals surface area contributed by atoms with E-state index in [4.69, 9.17) is 32.7 Å². The fourth-order valence-electron chi connectivity index (χ4n) is 2.23. The first kappa shape index (κ1) is 16.2. The zero-order chi connectivity index (χ0) is 15.4. The maximum absolute atomic E-state index is 11.5. The highest BCUT2D eigenvalue weighted by molar-refractivity contribution is 6.56. The van der Waals surface area contributed by atoms with E-state index >= 15 is 0 Å². The molecule has 2 rings (SSSR count). The van der Waals surface area contributed by atoms with E-state index in [1.54, 1.807) is 4.90 Å². The van der Waals surface area contributed by atoms with Gasteiger partial charge in [0.1, 0.15) is 11.1 Å². The topological polar surface area (TPSA) is 76.9 Å². The van der Waals surface area contributed by atoms with Gasteiger partial charge in [-0.3, -0.25) is 10.1 Å². The molecule has 2 heterocycles. The van der Waals surface area contributed by atoms with Crippen molar-refractivity contribution in [3.63, 3.8) is 0 Å². The molecule has 0 spiro atoms. The monoisotopic (exact) mass is 337 g/mol. The summed E-state index contributed by atoms with van der Waals surface area (Å²) in [4.78, 5) is 12.7. The quantitative estimate of drug-likeness (QED) is 0.622. The van der Waals surface area contributed by atoms with Crippen LogP contribution in [-0.2, 0) is 9.47 Å². The van der Waals surface area contributed by atoms with E-state index in [9.17, 15) is 10.1 Å². The van der Waals surface area contributed by atoms with Gasteiger partial charge in [-0.25, -0.2) is 0 Å². The van der Waals surface area contributed by atoms with Crippen molar-refractivity contribution in [1.29, 1.82) is 0 Å². The molecule has 0 bridgehead atoms. The number of ether oxygens (including phenoxy) is 2. The molecule has 2 saturated heterocycles. The molecule has 0 amide bonds. The minimum Gasteiger partial charge on any atom is -0.472 e. The summed E-state index contributed by atoms with van der Waals surface area (Å²) in [5, 5.41) is 14.5. The Kier molecular flexibility index (Phi) is 5.55. The number of hydrogen-bond donors (Lipinski definition) is 1. The summed E-state index contributed by atoms with van der Waals surface area (Å²) >= 11 is 11.8. The van der Waals surface area contributed by atoms with Crippen LogP contribution < -0.4 is 5.32 Å². The number of nitrogens with zero attached hydrogens (tertiary/aromatic N) is 2. The van der Waals surface area contributed by atoms with Crippen LogP contribution in [0.25, 0.3) is 0 Å². The van der Waals surface area contributed by atoms with Gasteiger partial charge in [-0.05, 0) is 6.42 Å². The average molecular weight is 338 g/mol. The lowest BCUT2D eigenvalue weighted by atomic mass is 10.2. The minimum atomic E-state index is -0.518. The predicted molar refractivity (Wildman–Crippen MR) is 78.3 cm³/mol. The van der Waals surface area contributed by atoms with Gasteiger partial charge < -0.3 is 19.7 Å². The molecule has 118 valence electrons. The number of morpholine rings is 1. The third kappa shape index (κ3) is 3.72. The number of nitro groups is 1. The summed E-state index contributed by atoms with van der Waals surface area (Å²) in [6, 6.07) is 0.0509. The SMILES string of the molecule is CC[C@H]1CO/C(=C(/C(=C(Cl)Cl)N2CCOCC2)[N+](=O)[O-])N1. The van der Waals surface area contributed by atoms with Gasteiger partial charge in [0.15, 0.2) is 5.70 Å². The zero-order valence-electron chi connectivity index (χ0n) is 11.6. The van der Waals surface area contributed by atoms with Crippen molar-refractivity contribution in [1.82, 2.24) is 10.2 Å². The Morgan fingerprint density at radius 1 is 1.48 bits per heavy atom. The smallest absolute Gasteiger partial charge is 0.354 e. The van der Waals surface area contributed by atoms with Crippen molar-refractivity contribution < 1.29 is 14.4 Å². The van der Waals surface area contributed by atoms with Crippen molar-refractivity contribution in [2.75, 3.05) is 32.9 Å². The Labute approximate surface area is 132 Å². The molecule has 1 N–H and O–H groups in total. The molecule has 7 nitrogen and oxygen atoms in total. The van der Waals surface area contributed by atoms with Crippen LogP contribution in [0.15, 0.2) is 21.8 Å². The van der Waals surface area contributed by atoms with Crippen molar-refractivity contribution in [2.24, 2.45) is 0 Å². The third-order valence-corrected chi connectivity index (χ3v) is 3.74. The first-order valence-electron chi connectivity index (χ1n) is 6.71. The molecule has 1 atom stereocenters. The van der Waals surface area contributed by atoms with Gasteiger partial charge in [0.25, 0.3) is 5.88 Å². The molecule has 0 aromatic carbocycles. The highest BCUT2D eigenvalue weighted by Crippen LogP contribution is 2.29. The summed E-state index contributed by atoms with van der Waals surface area (Å²) in [5.74, 6) is 0.118. The first-order chi connectivity index (χ1) is 10.0. The maximum Gasteiger partial charge on any atom is 0.354 e. The molecule has 0 aromatic heterocycles. The number of hydrogen-bond acceptors (Lipinski definition) is 6. The van der Waals surface area contributed by atoms with Crippen molar-refractivity contribution in [3.05, 3.63) is 31.9 Å². The second-order valence-electron chi connectivity index (χ2n) is 4.70. The van der Waals surface area contributed by atoms with Gasteiger partial charge in [0.2, 0.25) is 0 Å². The molecule has 21 heavy (non-hydrogen) atoms.